The smallest absolute Gasteiger partial charge is 0.315 e. The summed E-state index contributed by atoms with van der Waals surface area (Å²) in [7, 11) is 0. The van der Waals surface area contributed by atoms with E-state index in [4.69, 9.17) is 0 Å². The van der Waals surface area contributed by atoms with E-state index in [1.807, 2.05) is 18.2 Å². The molecule has 2 amide bonds. The van der Waals surface area contributed by atoms with Gasteiger partial charge >= 0.3 is 6.03 Å². The van der Waals surface area contributed by atoms with Crippen molar-refractivity contribution >= 4 is 6.03 Å². The third kappa shape index (κ3) is 4.83. The zero-order valence-electron chi connectivity index (χ0n) is 11.3. The zero-order chi connectivity index (χ0) is 15.1. The van der Waals surface area contributed by atoms with E-state index in [0.717, 1.165) is 23.9 Å². The average Bonchev–Trinajstić information content (AvgIpc) is 2.49. The Morgan fingerprint density at radius 3 is 2.76 bits per heavy atom. The number of hydrogen-bond donors (Lipinski definition) is 2. The van der Waals surface area contributed by atoms with Crippen LogP contribution in [0.4, 0.5) is 13.6 Å². The van der Waals surface area contributed by atoms with Crippen LogP contribution in [-0.4, -0.2) is 17.6 Å². The first-order chi connectivity index (χ1) is 10.1. The molecule has 6 heteroatoms. The number of hydrogen-bond acceptors (Lipinski definition) is 2. The molecule has 110 valence electrons. The van der Waals surface area contributed by atoms with Crippen LogP contribution in [0, 0.1) is 11.6 Å². The molecule has 0 bridgehead atoms. The Balaban J connectivity index is 1.74. The Morgan fingerprint density at radius 1 is 1.14 bits per heavy atom. The van der Waals surface area contributed by atoms with E-state index in [1.54, 1.807) is 6.20 Å². The second-order valence-electron chi connectivity index (χ2n) is 4.42. The number of benzene rings is 1. The fourth-order valence-electron chi connectivity index (χ4n) is 1.77. The number of aromatic nitrogens is 1. The molecule has 0 atom stereocenters. The van der Waals surface area contributed by atoms with Gasteiger partial charge in [0.25, 0.3) is 0 Å². The van der Waals surface area contributed by atoms with Gasteiger partial charge in [-0.3, -0.25) is 4.98 Å². The lowest BCUT2D eigenvalue weighted by molar-refractivity contribution is 0.240. The Labute approximate surface area is 121 Å². The van der Waals surface area contributed by atoms with E-state index < -0.39 is 17.7 Å². The van der Waals surface area contributed by atoms with Gasteiger partial charge in [-0.05, 0) is 30.3 Å². The topological polar surface area (TPSA) is 54.0 Å². The molecule has 0 saturated heterocycles. The first-order valence-corrected chi connectivity index (χ1v) is 6.50. The highest BCUT2D eigenvalue weighted by Crippen LogP contribution is 2.08. The van der Waals surface area contributed by atoms with Crippen molar-refractivity contribution in [1.29, 1.82) is 0 Å². The van der Waals surface area contributed by atoms with E-state index in [2.05, 4.69) is 15.6 Å². The summed E-state index contributed by atoms with van der Waals surface area (Å²) in [6.45, 7) is 0.341. The number of amides is 2. The molecular weight excluding hydrogens is 276 g/mol. The van der Waals surface area contributed by atoms with Crippen LogP contribution in [0.2, 0.25) is 0 Å². The molecule has 0 fully saturated rings. The number of carbonyl (C=O) groups is 1. The SMILES string of the molecule is O=C(NCCc1ccccn1)NCc1cc(F)ccc1F. The van der Waals surface area contributed by atoms with Crippen molar-refractivity contribution in [3.63, 3.8) is 0 Å². The molecule has 1 aromatic heterocycles. The normalized spacial score (nSPS) is 10.2. The molecule has 0 aliphatic rings. The summed E-state index contributed by atoms with van der Waals surface area (Å²) in [5.41, 5.74) is 0.976. The molecule has 0 saturated carbocycles. The second kappa shape index (κ2) is 7.33. The number of rotatable bonds is 5. The Kier molecular flexibility index (Phi) is 5.20. The minimum atomic E-state index is -0.551. The fourth-order valence-corrected chi connectivity index (χ4v) is 1.77. The molecule has 2 N–H and O–H groups in total. The van der Waals surface area contributed by atoms with Crippen molar-refractivity contribution in [3.05, 3.63) is 65.5 Å². The predicted octanol–water partition coefficient (Wildman–Crippen LogP) is 2.40. The molecule has 0 aliphatic heterocycles. The van der Waals surface area contributed by atoms with E-state index in [9.17, 15) is 13.6 Å². The molecular formula is C15H15F2N3O. The van der Waals surface area contributed by atoms with Gasteiger partial charge in [-0.15, -0.1) is 0 Å². The number of carbonyl (C=O) groups excluding carboxylic acids is 1. The third-order valence-corrected chi connectivity index (χ3v) is 2.84. The van der Waals surface area contributed by atoms with Crippen LogP contribution in [0.15, 0.2) is 42.6 Å². The average molecular weight is 291 g/mol. The molecule has 1 aromatic carbocycles. The predicted molar refractivity (Wildman–Crippen MR) is 74.5 cm³/mol. The van der Waals surface area contributed by atoms with Crippen molar-refractivity contribution in [1.82, 2.24) is 15.6 Å². The Bertz CT molecular complexity index is 605. The lowest BCUT2D eigenvalue weighted by Crippen LogP contribution is -2.36. The number of urea groups is 1. The Morgan fingerprint density at radius 2 is 2.00 bits per heavy atom. The van der Waals surface area contributed by atoms with Crippen molar-refractivity contribution in [2.24, 2.45) is 0 Å². The molecule has 2 rings (SSSR count). The summed E-state index contributed by atoms with van der Waals surface area (Å²) >= 11 is 0. The minimum Gasteiger partial charge on any atom is -0.338 e. The summed E-state index contributed by atoms with van der Waals surface area (Å²) in [4.78, 5) is 15.7. The van der Waals surface area contributed by atoms with E-state index in [1.165, 1.54) is 0 Å². The van der Waals surface area contributed by atoms with Gasteiger partial charge in [-0.25, -0.2) is 13.6 Å². The van der Waals surface area contributed by atoms with Crippen LogP contribution < -0.4 is 10.6 Å². The number of nitrogens with zero attached hydrogens (tertiary/aromatic N) is 1. The molecule has 0 aliphatic carbocycles. The van der Waals surface area contributed by atoms with Crippen molar-refractivity contribution in [2.45, 2.75) is 13.0 Å². The molecule has 1 heterocycles. The van der Waals surface area contributed by atoms with Crippen LogP contribution in [0.5, 0.6) is 0 Å². The number of nitrogens with one attached hydrogen (secondary N) is 2. The third-order valence-electron chi connectivity index (χ3n) is 2.84. The van der Waals surface area contributed by atoms with Crippen molar-refractivity contribution in [2.75, 3.05) is 6.54 Å². The second-order valence-corrected chi connectivity index (χ2v) is 4.42. The maximum Gasteiger partial charge on any atom is 0.315 e. The molecule has 2 aromatic rings. The highest BCUT2D eigenvalue weighted by Gasteiger charge is 2.06. The largest absolute Gasteiger partial charge is 0.338 e. The van der Waals surface area contributed by atoms with Crippen LogP contribution in [0.25, 0.3) is 0 Å². The van der Waals surface area contributed by atoms with E-state index in [0.29, 0.717) is 13.0 Å². The highest BCUT2D eigenvalue weighted by atomic mass is 19.1. The maximum absolute atomic E-state index is 13.3. The molecule has 0 spiro atoms. The summed E-state index contributed by atoms with van der Waals surface area (Å²) in [6, 6.07) is 8.24. The molecule has 0 radical (unpaired) electrons. The van der Waals surface area contributed by atoms with Gasteiger partial charge in [-0.2, -0.15) is 0 Å². The van der Waals surface area contributed by atoms with Crippen molar-refractivity contribution in [3.8, 4) is 0 Å². The van der Waals surface area contributed by atoms with Gasteiger partial charge < -0.3 is 10.6 Å². The lowest BCUT2D eigenvalue weighted by Gasteiger charge is -2.08. The summed E-state index contributed by atoms with van der Waals surface area (Å²) < 4.78 is 26.3. The first-order valence-electron chi connectivity index (χ1n) is 6.50. The fraction of sp³-hybridized carbons (Fsp3) is 0.200. The quantitative estimate of drug-likeness (QED) is 0.889. The standard InChI is InChI=1S/C15H15F2N3O/c16-12-4-5-14(17)11(9-12)10-20-15(21)19-8-6-13-3-1-2-7-18-13/h1-5,7,9H,6,8,10H2,(H2,19,20,21). The molecule has 4 nitrogen and oxygen atoms in total. The van der Waals surface area contributed by atoms with Gasteiger partial charge in [0.05, 0.1) is 0 Å². The number of pyridine rings is 1. The number of halogens is 2. The Hall–Kier alpha value is -2.50. The molecule has 0 unspecified atom stereocenters. The van der Waals surface area contributed by atoms with E-state index in [-0.39, 0.29) is 12.1 Å². The lowest BCUT2D eigenvalue weighted by atomic mass is 10.2. The summed E-state index contributed by atoms with van der Waals surface area (Å²) in [5, 5.41) is 5.11. The summed E-state index contributed by atoms with van der Waals surface area (Å²) in [6.07, 6.45) is 2.28. The van der Waals surface area contributed by atoms with Crippen molar-refractivity contribution < 1.29 is 13.6 Å². The van der Waals surface area contributed by atoms with Crippen LogP contribution >= 0.6 is 0 Å². The van der Waals surface area contributed by atoms with Gasteiger partial charge in [-0.1, -0.05) is 6.07 Å². The van der Waals surface area contributed by atoms with Gasteiger partial charge in [0.15, 0.2) is 0 Å². The van der Waals surface area contributed by atoms with Crippen LogP contribution in [0.1, 0.15) is 11.3 Å². The molecule has 21 heavy (non-hydrogen) atoms. The maximum atomic E-state index is 13.3. The highest BCUT2D eigenvalue weighted by molar-refractivity contribution is 5.73. The van der Waals surface area contributed by atoms with Gasteiger partial charge in [0.1, 0.15) is 11.6 Å². The zero-order valence-corrected chi connectivity index (χ0v) is 11.3. The minimum absolute atomic E-state index is 0.0704. The monoisotopic (exact) mass is 291 g/mol. The van der Waals surface area contributed by atoms with Gasteiger partial charge in [0, 0.05) is 37.0 Å². The van der Waals surface area contributed by atoms with Crippen LogP contribution in [0.3, 0.4) is 0 Å². The first kappa shape index (κ1) is 14.9. The van der Waals surface area contributed by atoms with E-state index >= 15 is 0 Å². The van der Waals surface area contributed by atoms with Gasteiger partial charge in [0.2, 0.25) is 0 Å². The summed E-state index contributed by atoms with van der Waals surface area (Å²) in [5.74, 6) is -1.09. The van der Waals surface area contributed by atoms with Crippen LogP contribution in [-0.2, 0) is 13.0 Å².